The van der Waals surface area contributed by atoms with E-state index >= 15 is 0 Å². The average molecular weight is 365 g/mol. The number of carbonyl (C=O) groups excluding carboxylic acids is 1. The summed E-state index contributed by atoms with van der Waals surface area (Å²) in [6.45, 7) is 3.43. The standard InChI is InChI=1S/C21H27N5O/c1-24(2)10-5-12-25-13-9-23-20(25)19-8-4-11-26(16-19)21(27)18-7-3-6-17(14-18)15-22/h3,6-7,9,13-14,19H,4-5,8,10-12,16H2,1-2H3. The highest BCUT2D eigenvalue weighted by Gasteiger charge is 2.28. The Morgan fingerprint density at radius 1 is 1.41 bits per heavy atom. The highest BCUT2D eigenvalue weighted by Crippen LogP contribution is 2.27. The molecule has 1 atom stereocenters. The second kappa shape index (κ2) is 8.83. The summed E-state index contributed by atoms with van der Waals surface area (Å²) in [4.78, 5) is 21.6. The smallest absolute Gasteiger partial charge is 0.253 e. The molecule has 0 bridgehead atoms. The Hall–Kier alpha value is -2.65. The molecule has 0 N–H and O–H groups in total. The fraction of sp³-hybridized carbons (Fsp3) is 0.476. The summed E-state index contributed by atoms with van der Waals surface area (Å²) in [5, 5.41) is 9.07. The lowest BCUT2D eigenvalue weighted by Gasteiger charge is -2.33. The summed E-state index contributed by atoms with van der Waals surface area (Å²) < 4.78 is 2.23. The van der Waals surface area contributed by atoms with Crippen LogP contribution < -0.4 is 0 Å². The summed E-state index contributed by atoms with van der Waals surface area (Å²) in [6, 6.07) is 9.06. The Morgan fingerprint density at radius 3 is 3.04 bits per heavy atom. The van der Waals surface area contributed by atoms with Crippen molar-refractivity contribution in [3.8, 4) is 6.07 Å². The van der Waals surface area contributed by atoms with Crippen LogP contribution in [0.25, 0.3) is 0 Å². The van der Waals surface area contributed by atoms with Gasteiger partial charge in [0, 0.05) is 43.5 Å². The van der Waals surface area contributed by atoms with E-state index in [0.29, 0.717) is 17.7 Å². The van der Waals surface area contributed by atoms with Gasteiger partial charge in [0.05, 0.1) is 11.6 Å². The molecule has 142 valence electrons. The number of imidazole rings is 1. The zero-order valence-corrected chi connectivity index (χ0v) is 16.1. The molecule has 1 aliphatic rings. The van der Waals surface area contributed by atoms with E-state index in [4.69, 9.17) is 5.26 Å². The van der Waals surface area contributed by atoms with Crippen molar-refractivity contribution in [2.75, 3.05) is 33.7 Å². The number of carbonyl (C=O) groups is 1. The van der Waals surface area contributed by atoms with Crippen LogP contribution in [-0.4, -0.2) is 59.0 Å². The molecule has 1 fully saturated rings. The van der Waals surface area contributed by atoms with E-state index in [1.54, 1.807) is 24.3 Å². The van der Waals surface area contributed by atoms with Crippen LogP contribution in [0.2, 0.25) is 0 Å². The maximum atomic E-state index is 12.9. The normalized spacial score (nSPS) is 17.1. The molecule has 6 nitrogen and oxygen atoms in total. The van der Waals surface area contributed by atoms with Crippen LogP contribution >= 0.6 is 0 Å². The van der Waals surface area contributed by atoms with Gasteiger partial charge in [0.15, 0.2) is 0 Å². The van der Waals surface area contributed by atoms with E-state index in [9.17, 15) is 4.79 Å². The van der Waals surface area contributed by atoms with Crippen LogP contribution in [0.3, 0.4) is 0 Å². The Kier molecular flexibility index (Phi) is 6.25. The Bertz CT molecular complexity index is 820. The molecule has 0 radical (unpaired) electrons. The quantitative estimate of drug-likeness (QED) is 0.789. The van der Waals surface area contributed by atoms with E-state index in [1.807, 2.05) is 17.3 Å². The molecule has 1 aliphatic heterocycles. The van der Waals surface area contributed by atoms with Crippen LogP contribution in [0.4, 0.5) is 0 Å². The largest absolute Gasteiger partial charge is 0.338 e. The van der Waals surface area contributed by atoms with Crippen molar-refractivity contribution in [1.82, 2.24) is 19.4 Å². The number of hydrogen-bond donors (Lipinski definition) is 0. The molecule has 1 saturated heterocycles. The first kappa shape index (κ1) is 19.1. The third kappa shape index (κ3) is 4.75. The Labute approximate surface area is 161 Å². The van der Waals surface area contributed by atoms with E-state index in [-0.39, 0.29) is 11.8 Å². The first-order chi connectivity index (χ1) is 13.1. The van der Waals surface area contributed by atoms with Crippen molar-refractivity contribution in [3.05, 3.63) is 53.6 Å². The van der Waals surface area contributed by atoms with Gasteiger partial charge in [-0.25, -0.2) is 4.98 Å². The van der Waals surface area contributed by atoms with Crippen molar-refractivity contribution in [3.63, 3.8) is 0 Å². The Morgan fingerprint density at radius 2 is 2.26 bits per heavy atom. The first-order valence-corrected chi connectivity index (χ1v) is 9.53. The van der Waals surface area contributed by atoms with E-state index in [0.717, 1.165) is 44.7 Å². The molecule has 1 amide bonds. The van der Waals surface area contributed by atoms with Crippen molar-refractivity contribution in [2.45, 2.75) is 31.7 Å². The van der Waals surface area contributed by atoms with Crippen LogP contribution in [0.5, 0.6) is 0 Å². The summed E-state index contributed by atoms with van der Waals surface area (Å²) in [5.74, 6) is 1.34. The minimum atomic E-state index is 0.00233. The molecular formula is C21H27N5O. The van der Waals surface area contributed by atoms with Gasteiger partial charge in [-0.1, -0.05) is 6.07 Å². The van der Waals surface area contributed by atoms with Crippen LogP contribution in [0.15, 0.2) is 36.7 Å². The second-order valence-corrected chi connectivity index (χ2v) is 7.42. The molecule has 0 saturated carbocycles. The van der Waals surface area contributed by atoms with Gasteiger partial charge in [-0.15, -0.1) is 0 Å². The summed E-state index contributed by atoms with van der Waals surface area (Å²) in [5.41, 5.74) is 1.11. The van der Waals surface area contributed by atoms with Crippen LogP contribution in [0.1, 0.15) is 46.9 Å². The summed E-state index contributed by atoms with van der Waals surface area (Å²) >= 11 is 0. The molecular weight excluding hydrogens is 338 g/mol. The topological polar surface area (TPSA) is 65.2 Å². The lowest BCUT2D eigenvalue weighted by Crippen LogP contribution is -2.39. The Balaban J connectivity index is 1.68. The zero-order chi connectivity index (χ0) is 19.2. The fourth-order valence-electron chi connectivity index (χ4n) is 3.70. The molecule has 3 rings (SSSR count). The lowest BCUT2D eigenvalue weighted by molar-refractivity contribution is 0.0703. The van der Waals surface area contributed by atoms with Crippen LogP contribution in [-0.2, 0) is 6.54 Å². The number of aromatic nitrogens is 2. The zero-order valence-electron chi connectivity index (χ0n) is 16.1. The number of likely N-dealkylation sites (tertiary alicyclic amines) is 1. The second-order valence-electron chi connectivity index (χ2n) is 7.42. The highest BCUT2D eigenvalue weighted by atomic mass is 16.2. The minimum absolute atomic E-state index is 0.00233. The number of rotatable bonds is 6. The van der Waals surface area contributed by atoms with Gasteiger partial charge < -0.3 is 14.4 Å². The van der Waals surface area contributed by atoms with Gasteiger partial charge in [0.25, 0.3) is 5.91 Å². The molecule has 27 heavy (non-hydrogen) atoms. The third-order valence-electron chi connectivity index (χ3n) is 5.06. The number of hydrogen-bond acceptors (Lipinski definition) is 4. The number of aryl methyl sites for hydroxylation is 1. The van der Waals surface area contributed by atoms with Gasteiger partial charge in [-0.2, -0.15) is 5.26 Å². The summed E-state index contributed by atoms with van der Waals surface area (Å²) in [7, 11) is 4.17. The average Bonchev–Trinajstić information content (AvgIpc) is 3.16. The predicted molar refractivity (Wildman–Crippen MR) is 104 cm³/mol. The number of piperidine rings is 1. The monoisotopic (exact) mass is 365 g/mol. The highest BCUT2D eigenvalue weighted by molar-refractivity contribution is 5.94. The maximum Gasteiger partial charge on any atom is 0.253 e. The van der Waals surface area contributed by atoms with Gasteiger partial charge >= 0.3 is 0 Å². The number of amides is 1. The molecule has 2 heterocycles. The number of nitriles is 1. The van der Waals surface area contributed by atoms with E-state index < -0.39 is 0 Å². The first-order valence-electron chi connectivity index (χ1n) is 9.53. The van der Waals surface area contributed by atoms with Crippen molar-refractivity contribution < 1.29 is 4.79 Å². The minimum Gasteiger partial charge on any atom is -0.338 e. The molecule has 1 aromatic heterocycles. The van der Waals surface area contributed by atoms with Crippen LogP contribution in [0, 0.1) is 11.3 Å². The van der Waals surface area contributed by atoms with Gasteiger partial charge in [-0.05, 0) is 58.1 Å². The van der Waals surface area contributed by atoms with E-state index in [2.05, 4.69) is 34.6 Å². The SMILES string of the molecule is CN(C)CCCn1ccnc1C1CCCN(C(=O)c2cccc(C#N)c2)C1. The van der Waals surface area contributed by atoms with Gasteiger partial charge in [-0.3, -0.25) is 4.79 Å². The van der Waals surface area contributed by atoms with Crippen molar-refractivity contribution >= 4 is 5.91 Å². The maximum absolute atomic E-state index is 12.9. The number of benzene rings is 1. The van der Waals surface area contributed by atoms with Gasteiger partial charge in [0.1, 0.15) is 5.82 Å². The molecule has 6 heteroatoms. The molecule has 0 aliphatic carbocycles. The molecule has 0 spiro atoms. The van der Waals surface area contributed by atoms with E-state index in [1.165, 1.54) is 0 Å². The summed E-state index contributed by atoms with van der Waals surface area (Å²) in [6.07, 6.45) is 7.00. The lowest BCUT2D eigenvalue weighted by atomic mass is 9.96. The molecule has 1 aromatic carbocycles. The fourth-order valence-corrected chi connectivity index (χ4v) is 3.70. The van der Waals surface area contributed by atoms with Crippen molar-refractivity contribution in [1.29, 1.82) is 5.26 Å². The number of nitrogens with zero attached hydrogens (tertiary/aromatic N) is 5. The predicted octanol–water partition coefficient (Wildman–Crippen LogP) is 2.73. The third-order valence-corrected chi connectivity index (χ3v) is 5.06. The molecule has 1 unspecified atom stereocenters. The van der Waals surface area contributed by atoms with Gasteiger partial charge in [0.2, 0.25) is 0 Å². The molecule has 2 aromatic rings. The van der Waals surface area contributed by atoms with Crippen molar-refractivity contribution in [2.24, 2.45) is 0 Å².